The topological polar surface area (TPSA) is 55.1 Å². The number of hydrogen-bond donors (Lipinski definition) is 2. The zero-order chi connectivity index (χ0) is 12.1. The number of halogens is 1. The number of nitrogens with two attached hydrogens (primary N) is 1. The van der Waals surface area contributed by atoms with Crippen molar-refractivity contribution in [3.63, 3.8) is 0 Å². The molecular weight excluding hydrogens is 224 g/mol. The molecule has 0 saturated heterocycles. The van der Waals surface area contributed by atoms with Crippen LogP contribution in [0.15, 0.2) is 29.8 Å². The van der Waals surface area contributed by atoms with Gasteiger partial charge in [-0.3, -0.25) is 4.79 Å². The van der Waals surface area contributed by atoms with E-state index in [0.717, 1.165) is 5.57 Å². The third-order valence-electron chi connectivity index (χ3n) is 2.03. The van der Waals surface area contributed by atoms with Crippen molar-refractivity contribution in [2.45, 2.75) is 13.8 Å². The van der Waals surface area contributed by atoms with Gasteiger partial charge in [-0.05, 0) is 32.0 Å². The molecule has 0 bridgehead atoms. The molecule has 86 valence electrons. The van der Waals surface area contributed by atoms with Gasteiger partial charge in [0.05, 0.1) is 5.56 Å². The first-order valence-corrected chi connectivity index (χ1v) is 5.35. The van der Waals surface area contributed by atoms with E-state index in [2.05, 4.69) is 5.32 Å². The fraction of sp³-hybridized carbons (Fsp3) is 0.250. The Labute approximate surface area is 100 Å². The standard InChI is InChI=1S/C12H15ClN2O/c1-8(2)5-6-15-12(16)10-7-9(13)3-4-11(10)14/h3-5,7H,6,14H2,1-2H3,(H,15,16). The van der Waals surface area contributed by atoms with Gasteiger partial charge in [-0.1, -0.05) is 23.3 Å². The van der Waals surface area contributed by atoms with E-state index < -0.39 is 0 Å². The minimum absolute atomic E-state index is 0.211. The van der Waals surface area contributed by atoms with Crippen molar-refractivity contribution in [2.24, 2.45) is 0 Å². The molecule has 0 unspecified atom stereocenters. The number of hydrogen-bond acceptors (Lipinski definition) is 2. The minimum Gasteiger partial charge on any atom is -0.398 e. The van der Waals surface area contributed by atoms with Gasteiger partial charge >= 0.3 is 0 Å². The third-order valence-corrected chi connectivity index (χ3v) is 2.27. The van der Waals surface area contributed by atoms with Crippen LogP contribution in [0, 0.1) is 0 Å². The normalized spacial score (nSPS) is 9.69. The summed E-state index contributed by atoms with van der Waals surface area (Å²) in [5.41, 5.74) is 7.68. The molecule has 1 rings (SSSR count). The maximum atomic E-state index is 11.7. The van der Waals surface area contributed by atoms with Crippen molar-refractivity contribution < 1.29 is 4.79 Å². The van der Waals surface area contributed by atoms with E-state index in [1.165, 1.54) is 0 Å². The predicted octanol–water partition coefficient (Wildman–Crippen LogP) is 2.62. The highest BCUT2D eigenvalue weighted by Gasteiger charge is 2.08. The second-order valence-electron chi connectivity index (χ2n) is 3.72. The summed E-state index contributed by atoms with van der Waals surface area (Å²) < 4.78 is 0. The zero-order valence-corrected chi connectivity index (χ0v) is 10.1. The Balaban J connectivity index is 2.73. The first kappa shape index (κ1) is 12.6. The highest BCUT2D eigenvalue weighted by Crippen LogP contribution is 2.17. The molecule has 16 heavy (non-hydrogen) atoms. The van der Waals surface area contributed by atoms with Crippen LogP contribution in [-0.4, -0.2) is 12.5 Å². The molecule has 0 aliphatic heterocycles. The summed E-state index contributed by atoms with van der Waals surface area (Å²) in [6.45, 7) is 4.44. The quantitative estimate of drug-likeness (QED) is 0.628. The summed E-state index contributed by atoms with van der Waals surface area (Å²) in [5, 5.41) is 3.25. The molecule has 0 atom stereocenters. The van der Waals surface area contributed by atoms with Gasteiger partial charge in [-0.2, -0.15) is 0 Å². The average molecular weight is 239 g/mol. The smallest absolute Gasteiger partial charge is 0.253 e. The fourth-order valence-corrected chi connectivity index (χ4v) is 1.34. The van der Waals surface area contributed by atoms with Gasteiger partial charge in [-0.25, -0.2) is 0 Å². The van der Waals surface area contributed by atoms with Crippen LogP contribution >= 0.6 is 11.6 Å². The van der Waals surface area contributed by atoms with Crippen LogP contribution in [0.3, 0.4) is 0 Å². The van der Waals surface area contributed by atoms with Crippen molar-refractivity contribution >= 4 is 23.2 Å². The van der Waals surface area contributed by atoms with E-state index >= 15 is 0 Å². The Kier molecular flexibility index (Phi) is 4.38. The van der Waals surface area contributed by atoms with Gasteiger partial charge in [0.15, 0.2) is 0 Å². The molecule has 3 N–H and O–H groups in total. The molecule has 0 aliphatic rings. The van der Waals surface area contributed by atoms with Crippen molar-refractivity contribution in [1.29, 1.82) is 0 Å². The van der Waals surface area contributed by atoms with Crippen LogP contribution in [0.2, 0.25) is 5.02 Å². The predicted molar refractivity (Wildman–Crippen MR) is 67.6 cm³/mol. The largest absolute Gasteiger partial charge is 0.398 e. The van der Waals surface area contributed by atoms with Crippen LogP contribution in [0.5, 0.6) is 0 Å². The molecule has 0 spiro atoms. The minimum atomic E-state index is -0.211. The lowest BCUT2D eigenvalue weighted by Crippen LogP contribution is -2.24. The van der Waals surface area contributed by atoms with Crippen molar-refractivity contribution in [2.75, 3.05) is 12.3 Å². The summed E-state index contributed by atoms with van der Waals surface area (Å²) in [6, 6.07) is 4.84. The maximum absolute atomic E-state index is 11.7. The van der Waals surface area contributed by atoms with Crippen LogP contribution in [0.25, 0.3) is 0 Å². The Morgan fingerprint density at radius 2 is 2.19 bits per heavy atom. The molecule has 0 aromatic heterocycles. The molecule has 3 nitrogen and oxygen atoms in total. The number of carbonyl (C=O) groups is 1. The molecule has 0 saturated carbocycles. The number of amides is 1. The Bertz CT molecular complexity index is 423. The third kappa shape index (κ3) is 3.59. The van der Waals surface area contributed by atoms with E-state index in [9.17, 15) is 4.79 Å². The highest BCUT2D eigenvalue weighted by molar-refractivity contribution is 6.31. The number of nitrogen functional groups attached to an aromatic ring is 1. The Morgan fingerprint density at radius 1 is 1.50 bits per heavy atom. The average Bonchev–Trinajstić information content (AvgIpc) is 2.21. The van der Waals surface area contributed by atoms with Gasteiger partial charge in [0.1, 0.15) is 0 Å². The van der Waals surface area contributed by atoms with Gasteiger partial charge in [0.2, 0.25) is 0 Å². The fourth-order valence-electron chi connectivity index (χ4n) is 1.17. The number of benzene rings is 1. The first-order valence-electron chi connectivity index (χ1n) is 4.97. The lowest BCUT2D eigenvalue weighted by atomic mass is 10.1. The lowest BCUT2D eigenvalue weighted by Gasteiger charge is -2.06. The van der Waals surface area contributed by atoms with Gasteiger partial charge in [0, 0.05) is 17.3 Å². The first-order chi connectivity index (χ1) is 7.50. The molecular formula is C12H15ClN2O. The summed E-state index contributed by atoms with van der Waals surface area (Å²) in [7, 11) is 0. The number of anilines is 1. The van der Waals surface area contributed by atoms with Crippen LogP contribution < -0.4 is 11.1 Å². The Morgan fingerprint density at radius 3 is 2.81 bits per heavy atom. The van der Waals surface area contributed by atoms with E-state index in [-0.39, 0.29) is 5.91 Å². The van der Waals surface area contributed by atoms with Gasteiger partial charge < -0.3 is 11.1 Å². The van der Waals surface area contributed by atoms with E-state index in [1.54, 1.807) is 18.2 Å². The lowest BCUT2D eigenvalue weighted by molar-refractivity contribution is 0.0959. The second kappa shape index (κ2) is 5.56. The van der Waals surface area contributed by atoms with E-state index in [1.807, 2.05) is 19.9 Å². The van der Waals surface area contributed by atoms with Crippen molar-refractivity contribution in [1.82, 2.24) is 5.32 Å². The van der Waals surface area contributed by atoms with E-state index in [0.29, 0.717) is 22.8 Å². The highest BCUT2D eigenvalue weighted by atomic mass is 35.5. The number of rotatable bonds is 3. The van der Waals surface area contributed by atoms with Crippen molar-refractivity contribution in [3.8, 4) is 0 Å². The van der Waals surface area contributed by atoms with E-state index in [4.69, 9.17) is 17.3 Å². The Hall–Kier alpha value is -1.48. The molecule has 4 heteroatoms. The molecule has 0 fully saturated rings. The summed E-state index contributed by atoms with van der Waals surface area (Å²) in [5.74, 6) is -0.211. The number of allylic oxidation sites excluding steroid dienone is 1. The molecule has 1 aromatic rings. The van der Waals surface area contributed by atoms with Gasteiger partial charge in [-0.15, -0.1) is 0 Å². The van der Waals surface area contributed by atoms with Crippen LogP contribution in [0.4, 0.5) is 5.69 Å². The van der Waals surface area contributed by atoms with Crippen LogP contribution in [-0.2, 0) is 0 Å². The molecule has 0 aliphatic carbocycles. The SMILES string of the molecule is CC(C)=CCNC(=O)c1cc(Cl)ccc1N. The summed E-state index contributed by atoms with van der Waals surface area (Å²) in [6.07, 6.45) is 1.93. The second-order valence-corrected chi connectivity index (χ2v) is 4.16. The van der Waals surface area contributed by atoms with Gasteiger partial charge in [0.25, 0.3) is 5.91 Å². The molecule has 1 amide bonds. The zero-order valence-electron chi connectivity index (χ0n) is 9.38. The summed E-state index contributed by atoms with van der Waals surface area (Å²) >= 11 is 5.80. The van der Waals surface area contributed by atoms with Crippen molar-refractivity contribution in [3.05, 3.63) is 40.4 Å². The monoisotopic (exact) mass is 238 g/mol. The molecule has 0 heterocycles. The number of nitrogens with one attached hydrogen (secondary N) is 1. The van der Waals surface area contributed by atoms with Crippen LogP contribution in [0.1, 0.15) is 24.2 Å². The number of carbonyl (C=O) groups excluding carboxylic acids is 1. The maximum Gasteiger partial charge on any atom is 0.253 e. The molecule has 0 radical (unpaired) electrons. The summed E-state index contributed by atoms with van der Waals surface area (Å²) in [4.78, 5) is 11.7. The molecule has 1 aromatic carbocycles.